The van der Waals surface area contributed by atoms with Gasteiger partial charge in [0, 0.05) is 31.8 Å². The Hall–Kier alpha value is -4.03. The second kappa shape index (κ2) is 22.5. The lowest BCUT2D eigenvalue weighted by Gasteiger charge is -2.16. The van der Waals surface area contributed by atoms with E-state index in [1.54, 1.807) is 0 Å². The number of imide groups is 1. The highest BCUT2D eigenvalue weighted by atomic mass is 16.2. The second-order valence-electron chi connectivity index (χ2n) is 11.4. The molecule has 0 aliphatic carbocycles. The van der Waals surface area contributed by atoms with E-state index >= 15 is 0 Å². The first-order valence-corrected chi connectivity index (χ1v) is 15.1. The van der Waals surface area contributed by atoms with Crippen LogP contribution in [-0.4, -0.2) is 85.5 Å². The molecule has 0 saturated carbocycles. The number of likely N-dealkylation sites (tertiary alicyclic amines) is 1. The van der Waals surface area contributed by atoms with Crippen LogP contribution in [0.2, 0.25) is 0 Å². The Morgan fingerprint density at radius 2 is 1.27 bits per heavy atom. The number of hydrogen-bond donors (Lipinski definition) is 5. The molecular weight excluding hydrogens is 568 g/mol. The summed E-state index contributed by atoms with van der Waals surface area (Å²) in [7, 11) is 0. The minimum absolute atomic E-state index is 0.118. The number of unbranched alkanes of at least 4 members (excludes halogenated alkanes) is 2. The van der Waals surface area contributed by atoms with Crippen molar-refractivity contribution in [2.24, 2.45) is 17.8 Å². The van der Waals surface area contributed by atoms with Crippen LogP contribution in [-0.2, 0) is 33.6 Å². The molecule has 7 amide bonds. The summed E-state index contributed by atoms with van der Waals surface area (Å²) in [4.78, 5) is 84.4. The zero-order valence-corrected chi connectivity index (χ0v) is 27.2. The van der Waals surface area contributed by atoms with Gasteiger partial charge in [-0.05, 0) is 38.5 Å². The summed E-state index contributed by atoms with van der Waals surface area (Å²) in [6.07, 6.45) is 6.20. The molecule has 1 saturated heterocycles. The largest absolute Gasteiger partial charge is 0.354 e. The van der Waals surface area contributed by atoms with Crippen molar-refractivity contribution in [3.8, 4) is 0 Å². The van der Waals surface area contributed by atoms with E-state index < -0.39 is 17.7 Å². The molecule has 44 heavy (non-hydrogen) atoms. The summed E-state index contributed by atoms with van der Waals surface area (Å²) in [5.41, 5.74) is 1.11. The molecule has 1 heterocycles. The van der Waals surface area contributed by atoms with E-state index in [1.165, 1.54) is 4.90 Å². The van der Waals surface area contributed by atoms with E-state index in [-0.39, 0.29) is 80.4 Å². The fraction of sp³-hybridized carbons (Fsp3) is 0.645. The van der Waals surface area contributed by atoms with Crippen LogP contribution in [0.3, 0.4) is 0 Å². The Morgan fingerprint density at radius 3 is 1.66 bits per heavy atom. The third-order valence-electron chi connectivity index (χ3n) is 6.31. The average molecular weight is 621 g/mol. The van der Waals surface area contributed by atoms with Crippen molar-refractivity contribution in [3.63, 3.8) is 0 Å². The summed E-state index contributed by atoms with van der Waals surface area (Å²) in [6, 6.07) is 0. The van der Waals surface area contributed by atoms with Crippen molar-refractivity contribution in [2.45, 2.75) is 73.6 Å². The number of hydrogen-bond acceptors (Lipinski definition) is 7. The molecule has 0 aromatic heterocycles. The first kappa shape index (κ1) is 40.0. The first-order chi connectivity index (χ1) is 20.7. The van der Waals surface area contributed by atoms with Gasteiger partial charge >= 0.3 is 0 Å². The van der Waals surface area contributed by atoms with Gasteiger partial charge in [-0.15, -0.1) is 0 Å². The monoisotopic (exact) mass is 620 g/mol. The molecule has 0 aromatic rings. The zero-order valence-electron chi connectivity index (χ0n) is 27.2. The smallest absolute Gasteiger partial charge is 0.239 e. The molecule has 0 radical (unpaired) electrons. The highest BCUT2D eigenvalue weighted by molar-refractivity contribution is 6.03. The molecule has 5 N–H and O–H groups in total. The number of rotatable bonds is 18. The molecule has 1 atom stereocenters. The van der Waals surface area contributed by atoms with Crippen molar-refractivity contribution in [3.05, 3.63) is 24.3 Å². The highest BCUT2D eigenvalue weighted by Gasteiger charge is 2.39. The van der Waals surface area contributed by atoms with Gasteiger partial charge in [0.15, 0.2) is 0 Å². The van der Waals surface area contributed by atoms with Crippen LogP contribution in [0.5, 0.6) is 0 Å². The van der Waals surface area contributed by atoms with Crippen LogP contribution in [0.15, 0.2) is 24.3 Å². The standard InChI is InChI=1S/C25H42N6O7.C6H10/c1-16(2)11-26-20(33)13-28-22(35)15-30-23(36)14-29-21(34)12-27-19(32)8-6-5-7-9-31-24(37)10-18(17(3)4)25(31)38;1-4-5-6(2)3/h16-18H,5-15H2,1-4H3,(H,26,33)(H,27,32)(H,28,35)(H,29,34)(H,30,36);4-5H,2H2,1,3H3/b;5-4-. The van der Waals surface area contributed by atoms with Gasteiger partial charge in [-0.3, -0.25) is 38.5 Å². The van der Waals surface area contributed by atoms with Gasteiger partial charge in [0.25, 0.3) is 0 Å². The number of amides is 7. The van der Waals surface area contributed by atoms with Gasteiger partial charge in [0.1, 0.15) is 0 Å². The van der Waals surface area contributed by atoms with E-state index in [1.807, 2.05) is 53.7 Å². The fourth-order valence-electron chi connectivity index (χ4n) is 3.85. The van der Waals surface area contributed by atoms with Gasteiger partial charge in [-0.2, -0.15) is 0 Å². The van der Waals surface area contributed by atoms with Gasteiger partial charge in [-0.25, -0.2) is 0 Å². The Balaban J connectivity index is 0.00000278. The van der Waals surface area contributed by atoms with Crippen molar-refractivity contribution < 1.29 is 33.6 Å². The van der Waals surface area contributed by atoms with E-state index in [0.29, 0.717) is 32.4 Å². The molecule has 0 aromatic carbocycles. The van der Waals surface area contributed by atoms with Crippen LogP contribution in [0.1, 0.15) is 73.6 Å². The number of nitrogens with one attached hydrogen (secondary N) is 5. The first-order valence-electron chi connectivity index (χ1n) is 15.1. The highest BCUT2D eigenvalue weighted by Crippen LogP contribution is 2.26. The van der Waals surface area contributed by atoms with E-state index in [4.69, 9.17) is 0 Å². The van der Waals surface area contributed by atoms with Crippen molar-refractivity contribution in [2.75, 3.05) is 39.3 Å². The Bertz CT molecular complexity index is 1040. The Kier molecular flexibility index (Phi) is 20.4. The molecule has 1 aliphatic heterocycles. The third kappa shape index (κ3) is 19.2. The van der Waals surface area contributed by atoms with Crippen LogP contribution in [0.25, 0.3) is 0 Å². The predicted octanol–water partition coefficient (Wildman–Crippen LogP) is 0.954. The predicted molar refractivity (Wildman–Crippen MR) is 168 cm³/mol. The van der Waals surface area contributed by atoms with Gasteiger partial charge < -0.3 is 26.6 Å². The molecule has 0 bridgehead atoms. The maximum absolute atomic E-state index is 12.3. The lowest BCUT2D eigenvalue weighted by atomic mass is 9.94. The number of carbonyl (C=O) groups excluding carboxylic acids is 7. The number of carbonyl (C=O) groups is 7. The van der Waals surface area contributed by atoms with Crippen LogP contribution >= 0.6 is 0 Å². The van der Waals surface area contributed by atoms with E-state index in [9.17, 15) is 33.6 Å². The minimum atomic E-state index is -0.598. The summed E-state index contributed by atoms with van der Waals surface area (Å²) < 4.78 is 0. The number of allylic oxidation sites excluding steroid dienone is 3. The normalized spacial score (nSPS) is 14.3. The maximum Gasteiger partial charge on any atom is 0.239 e. The molecule has 13 nitrogen and oxygen atoms in total. The molecule has 1 fully saturated rings. The van der Waals surface area contributed by atoms with Crippen molar-refractivity contribution >= 4 is 41.4 Å². The zero-order chi connectivity index (χ0) is 33.7. The third-order valence-corrected chi connectivity index (χ3v) is 6.31. The summed E-state index contributed by atoms with van der Waals surface area (Å²) >= 11 is 0. The second-order valence-corrected chi connectivity index (χ2v) is 11.4. The van der Waals surface area contributed by atoms with E-state index in [0.717, 1.165) is 5.57 Å². The SMILES string of the molecule is C=C(C)/C=C\C.CC(C)CNC(=O)CNC(=O)CNC(=O)CNC(=O)CNC(=O)CCCCCN1C(=O)CC(C(C)C)C1=O. The van der Waals surface area contributed by atoms with Gasteiger partial charge in [-0.1, -0.05) is 58.4 Å². The fourth-order valence-corrected chi connectivity index (χ4v) is 3.85. The van der Waals surface area contributed by atoms with Crippen LogP contribution in [0.4, 0.5) is 0 Å². The topological polar surface area (TPSA) is 183 Å². The molecule has 0 spiro atoms. The molecule has 248 valence electrons. The number of nitrogens with zero attached hydrogens (tertiary/aromatic N) is 1. The lowest BCUT2D eigenvalue weighted by molar-refractivity contribution is -0.140. The summed E-state index contributed by atoms with van der Waals surface area (Å²) in [5, 5.41) is 12.1. The summed E-state index contributed by atoms with van der Waals surface area (Å²) in [6.45, 7) is 15.0. The van der Waals surface area contributed by atoms with Crippen LogP contribution in [0, 0.1) is 17.8 Å². The lowest BCUT2D eigenvalue weighted by Crippen LogP contribution is -2.45. The Labute approximate surface area is 261 Å². The van der Waals surface area contributed by atoms with Gasteiger partial charge in [0.2, 0.25) is 41.4 Å². The molecule has 1 rings (SSSR count). The summed E-state index contributed by atoms with van der Waals surface area (Å²) in [5.74, 6) is -2.47. The maximum atomic E-state index is 12.3. The van der Waals surface area contributed by atoms with Crippen molar-refractivity contribution in [1.82, 2.24) is 31.5 Å². The molecule has 1 unspecified atom stereocenters. The molecular formula is C31H52N6O7. The Morgan fingerprint density at radius 1 is 0.795 bits per heavy atom. The molecule has 1 aliphatic rings. The molecule has 13 heteroatoms. The average Bonchev–Trinajstić information content (AvgIpc) is 3.24. The quantitative estimate of drug-likeness (QED) is 0.0859. The van der Waals surface area contributed by atoms with E-state index in [2.05, 4.69) is 33.2 Å². The van der Waals surface area contributed by atoms with Gasteiger partial charge in [0.05, 0.1) is 26.2 Å². The van der Waals surface area contributed by atoms with Crippen LogP contribution < -0.4 is 26.6 Å². The minimum Gasteiger partial charge on any atom is -0.354 e. The van der Waals surface area contributed by atoms with Crippen molar-refractivity contribution in [1.29, 1.82) is 0 Å².